The van der Waals surface area contributed by atoms with Crippen molar-refractivity contribution in [2.45, 2.75) is 31.4 Å². The van der Waals surface area contributed by atoms with Crippen molar-refractivity contribution < 1.29 is 28.3 Å². The van der Waals surface area contributed by atoms with Gasteiger partial charge in [-0.1, -0.05) is 11.6 Å². The minimum atomic E-state index is -2.34. The van der Waals surface area contributed by atoms with Gasteiger partial charge < -0.3 is 20.6 Å². The van der Waals surface area contributed by atoms with Gasteiger partial charge in [0.15, 0.2) is 0 Å². The van der Waals surface area contributed by atoms with Gasteiger partial charge in [-0.05, 0) is 42.3 Å². The van der Waals surface area contributed by atoms with Crippen LogP contribution in [0.4, 0.5) is 20.2 Å². The lowest BCUT2D eigenvalue weighted by atomic mass is 10.0. The molecule has 2 aromatic rings. The highest BCUT2D eigenvalue weighted by molar-refractivity contribution is 6.30. The lowest BCUT2D eigenvalue weighted by Crippen LogP contribution is -2.52. The van der Waals surface area contributed by atoms with Crippen molar-refractivity contribution in [3.05, 3.63) is 58.1 Å². The molecule has 0 aromatic heterocycles. The van der Waals surface area contributed by atoms with Crippen molar-refractivity contribution in [3.63, 3.8) is 0 Å². The summed E-state index contributed by atoms with van der Waals surface area (Å²) in [5.74, 6) is -3.58. The number of amides is 3. The Morgan fingerprint density at radius 3 is 2.77 bits per heavy atom. The molecule has 0 aliphatic carbocycles. The number of halogens is 3. The Morgan fingerprint density at radius 2 is 2.00 bits per heavy atom. The second-order valence-electron chi connectivity index (χ2n) is 7.50. The van der Waals surface area contributed by atoms with Crippen LogP contribution < -0.4 is 15.5 Å². The van der Waals surface area contributed by atoms with Gasteiger partial charge in [-0.2, -0.15) is 0 Å². The first-order valence-corrected chi connectivity index (χ1v) is 9.95. The second-order valence-corrected chi connectivity index (χ2v) is 7.91. The fourth-order valence-corrected chi connectivity index (χ4v) is 3.99. The highest BCUT2D eigenvalue weighted by Gasteiger charge is 2.51. The maximum Gasteiger partial charge on any atom is 0.268 e. The van der Waals surface area contributed by atoms with E-state index in [9.17, 15) is 28.3 Å². The fourth-order valence-electron chi connectivity index (χ4n) is 3.76. The quantitative estimate of drug-likeness (QED) is 0.492. The molecule has 2 aliphatic heterocycles. The van der Waals surface area contributed by atoms with E-state index in [1.54, 1.807) is 18.2 Å². The zero-order valence-electron chi connectivity index (χ0n) is 16.2. The molecule has 1 fully saturated rings. The molecule has 10 heteroatoms. The van der Waals surface area contributed by atoms with Gasteiger partial charge in [-0.15, -0.1) is 0 Å². The summed E-state index contributed by atoms with van der Waals surface area (Å²) in [6.45, 7) is -0.357. The molecule has 1 atom stereocenters. The third-order valence-electron chi connectivity index (χ3n) is 5.48. The molecule has 162 valence electrons. The molecule has 1 saturated heterocycles. The summed E-state index contributed by atoms with van der Waals surface area (Å²) in [4.78, 5) is 38.2. The molecule has 0 saturated carbocycles. The van der Waals surface area contributed by atoms with Gasteiger partial charge in [0.2, 0.25) is 11.5 Å². The Morgan fingerprint density at radius 1 is 1.23 bits per heavy atom. The minimum Gasteiger partial charge on any atom is -0.372 e. The molecule has 0 spiro atoms. The third-order valence-corrected chi connectivity index (χ3v) is 5.75. The molecule has 2 aromatic carbocycles. The third kappa shape index (κ3) is 3.86. The zero-order valence-corrected chi connectivity index (χ0v) is 16.9. The van der Waals surface area contributed by atoms with Crippen LogP contribution in [0.2, 0.25) is 5.02 Å². The van der Waals surface area contributed by atoms with Crippen LogP contribution in [0.15, 0.2) is 30.3 Å². The van der Waals surface area contributed by atoms with Crippen LogP contribution >= 0.6 is 11.6 Å². The number of hydrogen-bond acceptors (Lipinski definition) is 4. The van der Waals surface area contributed by atoms with E-state index < -0.39 is 40.6 Å². The Labute approximate surface area is 181 Å². The molecule has 2 heterocycles. The Balaban J connectivity index is 1.48. The molecule has 3 amide bonds. The van der Waals surface area contributed by atoms with E-state index in [-0.39, 0.29) is 24.4 Å². The average molecular weight is 450 g/mol. The molecule has 31 heavy (non-hydrogen) atoms. The number of aryl methyl sites for hydroxylation is 1. The maximum atomic E-state index is 14.0. The number of anilines is 2. The molecule has 7 nitrogen and oxygen atoms in total. The molecule has 0 radical (unpaired) electrons. The molecule has 0 unspecified atom stereocenters. The number of rotatable bonds is 4. The van der Waals surface area contributed by atoms with Gasteiger partial charge in [0, 0.05) is 42.9 Å². The fraction of sp³-hybridized carbons (Fsp3) is 0.286. The van der Waals surface area contributed by atoms with Crippen LogP contribution in [0.1, 0.15) is 24.0 Å². The standard InChI is InChI=1S/C21H18ClF2N3O4/c22-15-9-13(23)7-12(18(15)24)10-25-19(29)21(31)5-6-27(20(21)30)14-2-3-16-11(8-14)1-4-17(28)26-16/h2-3,7-9,31H,1,4-6,10H2,(H,25,29)(H,26,28)/t21-/m0/s1. The van der Waals surface area contributed by atoms with Gasteiger partial charge in [0.05, 0.1) is 5.02 Å². The largest absolute Gasteiger partial charge is 0.372 e. The lowest BCUT2D eigenvalue weighted by molar-refractivity contribution is -0.149. The van der Waals surface area contributed by atoms with Gasteiger partial charge in [0.1, 0.15) is 11.6 Å². The number of fused-ring (bicyclic) bond motifs is 1. The molecule has 4 rings (SSSR count). The van der Waals surface area contributed by atoms with Crippen LogP contribution in [0.3, 0.4) is 0 Å². The van der Waals surface area contributed by atoms with E-state index >= 15 is 0 Å². The number of benzene rings is 2. The second kappa shape index (κ2) is 7.90. The predicted octanol–water partition coefficient (Wildman–Crippen LogP) is 2.29. The number of carbonyl (C=O) groups is 3. The summed E-state index contributed by atoms with van der Waals surface area (Å²) < 4.78 is 27.5. The number of aliphatic hydroxyl groups is 1. The SMILES string of the molecule is O=C1CCc2cc(N3CC[C@](O)(C(=O)NCc4cc(F)cc(Cl)c4F)C3=O)ccc2N1. The highest BCUT2D eigenvalue weighted by Crippen LogP contribution is 2.33. The van der Waals surface area contributed by atoms with E-state index in [1.807, 2.05) is 0 Å². The number of carbonyl (C=O) groups excluding carboxylic acids is 3. The lowest BCUT2D eigenvalue weighted by Gasteiger charge is -2.24. The number of nitrogens with one attached hydrogen (secondary N) is 2. The van der Waals surface area contributed by atoms with E-state index in [0.717, 1.165) is 17.7 Å². The molecular formula is C21H18ClF2N3O4. The summed E-state index contributed by atoms with van der Waals surface area (Å²) in [5.41, 5.74) is -0.538. The van der Waals surface area contributed by atoms with Crippen molar-refractivity contribution in [1.29, 1.82) is 0 Å². The average Bonchev–Trinajstić information content (AvgIpc) is 3.04. The van der Waals surface area contributed by atoms with Crippen LogP contribution in [0.5, 0.6) is 0 Å². The van der Waals surface area contributed by atoms with Crippen molar-refractivity contribution in [1.82, 2.24) is 5.32 Å². The minimum absolute atomic E-state index is 0.0837. The normalized spacial score (nSPS) is 20.5. The summed E-state index contributed by atoms with van der Waals surface area (Å²) >= 11 is 5.60. The van der Waals surface area contributed by atoms with Crippen molar-refractivity contribution in [3.8, 4) is 0 Å². The van der Waals surface area contributed by atoms with E-state index in [1.165, 1.54) is 4.90 Å². The van der Waals surface area contributed by atoms with Crippen LogP contribution in [0, 0.1) is 11.6 Å². The van der Waals surface area contributed by atoms with Gasteiger partial charge >= 0.3 is 0 Å². The number of nitrogens with zero attached hydrogens (tertiary/aromatic N) is 1. The Bertz CT molecular complexity index is 1110. The van der Waals surface area contributed by atoms with Gasteiger partial charge in [-0.25, -0.2) is 8.78 Å². The predicted molar refractivity (Wildman–Crippen MR) is 109 cm³/mol. The molecular weight excluding hydrogens is 432 g/mol. The smallest absolute Gasteiger partial charge is 0.268 e. The first kappa shape index (κ1) is 21.2. The van der Waals surface area contributed by atoms with Gasteiger partial charge in [-0.3, -0.25) is 14.4 Å². The van der Waals surface area contributed by atoms with E-state index in [4.69, 9.17) is 11.6 Å². The zero-order chi connectivity index (χ0) is 22.3. The monoisotopic (exact) mass is 449 g/mol. The summed E-state index contributed by atoms with van der Waals surface area (Å²) in [6.07, 6.45) is 0.679. The first-order valence-electron chi connectivity index (χ1n) is 9.58. The topological polar surface area (TPSA) is 98.7 Å². The summed E-state index contributed by atoms with van der Waals surface area (Å²) in [6, 6.07) is 6.71. The maximum absolute atomic E-state index is 14.0. The van der Waals surface area contributed by atoms with E-state index in [0.29, 0.717) is 24.2 Å². The molecule has 2 aliphatic rings. The number of hydrogen-bond donors (Lipinski definition) is 3. The van der Waals surface area contributed by atoms with Crippen LogP contribution in [0.25, 0.3) is 0 Å². The van der Waals surface area contributed by atoms with E-state index in [2.05, 4.69) is 10.6 Å². The first-order chi connectivity index (χ1) is 14.7. The van der Waals surface area contributed by atoms with Gasteiger partial charge in [0.25, 0.3) is 11.8 Å². The van der Waals surface area contributed by atoms with Crippen molar-refractivity contribution in [2.75, 3.05) is 16.8 Å². The summed E-state index contributed by atoms with van der Waals surface area (Å²) in [5, 5.41) is 15.3. The molecule has 0 bridgehead atoms. The summed E-state index contributed by atoms with van der Waals surface area (Å²) in [7, 11) is 0. The molecule has 3 N–H and O–H groups in total. The van der Waals surface area contributed by atoms with Crippen molar-refractivity contribution in [2.24, 2.45) is 0 Å². The van der Waals surface area contributed by atoms with Crippen molar-refractivity contribution >= 4 is 40.7 Å². The Kier molecular flexibility index (Phi) is 5.40. The van der Waals surface area contributed by atoms with Crippen LogP contribution in [-0.2, 0) is 27.3 Å². The highest BCUT2D eigenvalue weighted by atomic mass is 35.5. The van der Waals surface area contributed by atoms with Crippen LogP contribution in [-0.4, -0.2) is 35.0 Å². The Hall–Kier alpha value is -3.04.